The number of nitrogens with two attached hydrogens (primary N) is 1. The fourth-order valence-electron chi connectivity index (χ4n) is 4.10. The maximum atomic E-state index is 13.6. The molecule has 0 unspecified atom stereocenters. The second-order valence-electron chi connectivity index (χ2n) is 8.73. The molecule has 5 rings (SSSR count). The number of hydrogen-bond acceptors (Lipinski definition) is 6. The molecule has 8 heteroatoms. The monoisotopic (exact) mass is 522 g/mol. The summed E-state index contributed by atoms with van der Waals surface area (Å²) < 4.78 is 7.01. The molecule has 1 aromatic heterocycles. The van der Waals surface area contributed by atoms with Gasteiger partial charge in [0.25, 0.3) is 11.5 Å². The number of para-hydroxylation sites is 3. The highest BCUT2D eigenvalue weighted by Gasteiger charge is 2.16. The summed E-state index contributed by atoms with van der Waals surface area (Å²) in [5.74, 6) is 0.960. The molecule has 0 bridgehead atoms. The molecular weight excluding hydrogens is 496 g/mol. The topological polar surface area (TPSA) is 99.2 Å². The Balaban J connectivity index is 1.43. The number of nitrogens with one attached hydrogen (secondary N) is 1. The van der Waals surface area contributed by atoms with E-state index in [1.54, 1.807) is 54.1 Å². The van der Waals surface area contributed by atoms with E-state index in [9.17, 15) is 9.59 Å². The quantitative estimate of drug-likeness (QED) is 0.159. The molecule has 0 saturated carbocycles. The van der Waals surface area contributed by atoms with Crippen molar-refractivity contribution in [1.29, 1.82) is 0 Å². The third-order valence-electron chi connectivity index (χ3n) is 6.20. The molecule has 0 atom stereocenters. The lowest BCUT2D eigenvalue weighted by atomic mass is 10.1. The largest absolute Gasteiger partial charge is 0.497 e. The number of carbonyl (C=O) groups is 1. The first kappa shape index (κ1) is 25.1. The Labute approximate surface area is 224 Å². The molecule has 0 aliphatic heterocycles. The highest BCUT2D eigenvalue weighted by atomic mass is 32.2. The van der Waals surface area contributed by atoms with Gasteiger partial charge in [-0.1, -0.05) is 54.2 Å². The van der Waals surface area contributed by atoms with E-state index in [-0.39, 0.29) is 11.5 Å². The van der Waals surface area contributed by atoms with Gasteiger partial charge in [0.1, 0.15) is 5.75 Å². The third-order valence-corrected chi connectivity index (χ3v) is 7.20. The summed E-state index contributed by atoms with van der Waals surface area (Å²) in [5, 5.41) is 3.94. The fraction of sp³-hybridized carbons (Fsp3) is 0.100. The van der Waals surface area contributed by atoms with Crippen LogP contribution >= 0.6 is 11.8 Å². The number of nitrogens with zero attached hydrogens (tertiary/aromatic N) is 2. The van der Waals surface area contributed by atoms with Gasteiger partial charge in [0.2, 0.25) is 0 Å². The molecule has 190 valence electrons. The number of methoxy groups -OCH3 is 1. The van der Waals surface area contributed by atoms with Gasteiger partial charge in [0.05, 0.1) is 35.1 Å². The maximum Gasteiger partial charge on any atom is 0.266 e. The zero-order chi connectivity index (χ0) is 26.6. The van der Waals surface area contributed by atoms with Crippen LogP contribution in [0.1, 0.15) is 21.5 Å². The van der Waals surface area contributed by atoms with Crippen LogP contribution in [0, 0.1) is 6.92 Å². The van der Waals surface area contributed by atoms with Crippen molar-refractivity contribution in [1.82, 2.24) is 9.55 Å². The van der Waals surface area contributed by atoms with Gasteiger partial charge >= 0.3 is 0 Å². The molecule has 0 aliphatic rings. The number of aromatic nitrogens is 2. The van der Waals surface area contributed by atoms with E-state index >= 15 is 0 Å². The normalized spacial score (nSPS) is 10.9. The molecule has 0 radical (unpaired) electrons. The van der Waals surface area contributed by atoms with E-state index < -0.39 is 0 Å². The average molecular weight is 523 g/mol. The first-order chi connectivity index (χ1) is 18.4. The Morgan fingerprint density at radius 2 is 1.74 bits per heavy atom. The van der Waals surface area contributed by atoms with Crippen molar-refractivity contribution in [2.45, 2.75) is 17.8 Å². The van der Waals surface area contributed by atoms with Crippen LogP contribution in [0.3, 0.4) is 0 Å². The number of anilines is 2. The van der Waals surface area contributed by atoms with Gasteiger partial charge in [-0.25, -0.2) is 4.98 Å². The minimum absolute atomic E-state index is 0.137. The zero-order valence-electron chi connectivity index (χ0n) is 21.0. The molecule has 3 N–H and O–H groups in total. The Morgan fingerprint density at radius 3 is 2.47 bits per heavy atom. The smallest absolute Gasteiger partial charge is 0.266 e. The molecule has 1 amide bonds. The number of carbonyl (C=O) groups excluding carboxylic acids is 1. The first-order valence-corrected chi connectivity index (χ1v) is 13.0. The summed E-state index contributed by atoms with van der Waals surface area (Å²) in [6.07, 6.45) is 0. The molecule has 1 heterocycles. The highest BCUT2D eigenvalue weighted by Crippen LogP contribution is 2.27. The van der Waals surface area contributed by atoms with Crippen molar-refractivity contribution in [3.05, 3.63) is 118 Å². The van der Waals surface area contributed by atoms with E-state index in [4.69, 9.17) is 15.5 Å². The number of hydrogen-bond donors (Lipinski definition) is 2. The standard InChI is InChI=1S/C30H26N4O3S/c1-19-7-3-6-10-27(19)34-29(36)23-16-15-22(37-2)17-26(23)33-30(34)38-18-20-11-13-21(14-12-20)28(35)32-25-9-5-4-8-24(25)31/h3-17H,18,31H2,1-2H3,(H,32,35). The van der Waals surface area contributed by atoms with Crippen molar-refractivity contribution in [2.75, 3.05) is 18.2 Å². The lowest BCUT2D eigenvalue weighted by Crippen LogP contribution is -2.22. The van der Waals surface area contributed by atoms with Crippen LogP contribution < -0.4 is 21.3 Å². The number of amides is 1. The van der Waals surface area contributed by atoms with E-state index in [0.717, 1.165) is 16.8 Å². The third kappa shape index (κ3) is 5.12. The molecule has 38 heavy (non-hydrogen) atoms. The second-order valence-corrected chi connectivity index (χ2v) is 9.67. The van der Waals surface area contributed by atoms with Crippen molar-refractivity contribution in [3.8, 4) is 11.4 Å². The lowest BCUT2D eigenvalue weighted by Gasteiger charge is -2.15. The minimum atomic E-state index is -0.236. The summed E-state index contributed by atoms with van der Waals surface area (Å²) in [6, 6.07) is 27.5. The van der Waals surface area contributed by atoms with Gasteiger partial charge in [-0.05, 0) is 60.5 Å². The summed E-state index contributed by atoms with van der Waals surface area (Å²) in [4.78, 5) is 31.1. The van der Waals surface area contributed by atoms with Crippen molar-refractivity contribution in [2.24, 2.45) is 0 Å². The maximum absolute atomic E-state index is 13.6. The Bertz CT molecular complexity index is 1700. The van der Waals surface area contributed by atoms with Crippen molar-refractivity contribution in [3.63, 3.8) is 0 Å². The molecule has 7 nitrogen and oxygen atoms in total. The van der Waals surface area contributed by atoms with Gasteiger partial charge < -0.3 is 15.8 Å². The highest BCUT2D eigenvalue weighted by molar-refractivity contribution is 7.98. The predicted octanol–water partition coefficient (Wildman–Crippen LogP) is 5.83. The SMILES string of the molecule is COc1ccc2c(=O)n(-c3ccccc3C)c(SCc3ccc(C(=O)Nc4ccccc4N)cc3)nc2c1. The molecule has 0 aliphatic carbocycles. The number of thioether (sulfide) groups is 1. The molecular formula is C30H26N4O3S. The van der Waals surface area contributed by atoms with Gasteiger partial charge in [0.15, 0.2) is 5.16 Å². The summed E-state index contributed by atoms with van der Waals surface area (Å²) in [7, 11) is 1.59. The van der Waals surface area contributed by atoms with Gasteiger partial charge in [-0.3, -0.25) is 14.2 Å². The molecule has 0 fully saturated rings. The minimum Gasteiger partial charge on any atom is -0.497 e. The van der Waals surface area contributed by atoms with E-state index in [1.807, 2.05) is 55.5 Å². The van der Waals surface area contributed by atoms with Crippen LogP contribution in [0.5, 0.6) is 5.75 Å². The number of benzene rings is 4. The zero-order valence-corrected chi connectivity index (χ0v) is 21.8. The molecule has 0 spiro atoms. The van der Waals surface area contributed by atoms with Crippen molar-refractivity contribution < 1.29 is 9.53 Å². The number of rotatable bonds is 7. The number of aryl methyl sites for hydroxylation is 1. The van der Waals surface area contributed by atoms with Crippen LogP contribution in [0.15, 0.2) is 101 Å². The summed E-state index contributed by atoms with van der Waals surface area (Å²) in [6.45, 7) is 1.97. The van der Waals surface area contributed by atoms with E-state index in [2.05, 4.69) is 5.32 Å². The average Bonchev–Trinajstić information content (AvgIpc) is 2.94. The Morgan fingerprint density at radius 1 is 1.00 bits per heavy atom. The first-order valence-electron chi connectivity index (χ1n) is 12.0. The van der Waals surface area contributed by atoms with Crippen LogP contribution in [0.25, 0.3) is 16.6 Å². The van der Waals surface area contributed by atoms with Crippen LogP contribution in [-0.2, 0) is 5.75 Å². The lowest BCUT2D eigenvalue weighted by molar-refractivity contribution is 0.102. The van der Waals surface area contributed by atoms with Gasteiger partial charge in [-0.2, -0.15) is 0 Å². The fourth-order valence-corrected chi connectivity index (χ4v) is 5.06. The Hall–Kier alpha value is -4.56. The van der Waals surface area contributed by atoms with Crippen LogP contribution in [0.2, 0.25) is 0 Å². The van der Waals surface area contributed by atoms with E-state index in [1.165, 1.54) is 11.8 Å². The molecule has 4 aromatic carbocycles. The van der Waals surface area contributed by atoms with E-state index in [0.29, 0.717) is 44.5 Å². The number of fused-ring (bicyclic) bond motifs is 1. The molecule has 0 saturated heterocycles. The van der Waals surface area contributed by atoms with Gasteiger partial charge in [0, 0.05) is 17.4 Å². The molecule has 5 aromatic rings. The van der Waals surface area contributed by atoms with Crippen LogP contribution in [-0.4, -0.2) is 22.6 Å². The van der Waals surface area contributed by atoms with Crippen LogP contribution in [0.4, 0.5) is 11.4 Å². The second kappa shape index (κ2) is 10.8. The van der Waals surface area contributed by atoms with Gasteiger partial charge in [-0.15, -0.1) is 0 Å². The summed E-state index contributed by atoms with van der Waals surface area (Å²) in [5.41, 5.74) is 10.7. The summed E-state index contributed by atoms with van der Waals surface area (Å²) >= 11 is 1.46. The Kier molecular flexibility index (Phi) is 7.15. The van der Waals surface area contributed by atoms with Crippen molar-refractivity contribution >= 4 is 39.9 Å². The predicted molar refractivity (Wildman–Crippen MR) is 153 cm³/mol. The number of nitrogen functional groups attached to an aromatic ring is 1. The number of ether oxygens (including phenoxy) is 1.